The van der Waals surface area contributed by atoms with Crippen LogP contribution in [0.3, 0.4) is 0 Å². The summed E-state index contributed by atoms with van der Waals surface area (Å²) < 4.78 is 0. The summed E-state index contributed by atoms with van der Waals surface area (Å²) in [6, 6.07) is 0. The third kappa shape index (κ3) is 24.8. The largest absolute Gasteiger partial charge is 0.396 e. The van der Waals surface area contributed by atoms with Gasteiger partial charge in [-0.15, -0.1) is 6.58 Å². The predicted molar refractivity (Wildman–Crippen MR) is 84.0 cm³/mol. The standard InChI is InChI=1S/C14H30O.C3H6/c1-2-3-4-5-6-7-8-9-10-11-12-13-14-15;1-3-2/h15H,2-14H2,1H3;3H,1H2,2H3. The average Bonchev–Trinajstić information content (AvgIpc) is 2.37. The van der Waals surface area contributed by atoms with Crippen molar-refractivity contribution in [2.75, 3.05) is 6.61 Å². The summed E-state index contributed by atoms with van der Waals surface area (Å²) in [5.74, 6) is 0. The highest BCUT2D eigenvalue weighted by atomic mass is 16.2. The molecule has 0 unspecified atom stereocenters. The van der Waals surface area contributed by atoms with E-state index in [1.807, 2.05) is 6.92 Å². The van der Waals surface area contributed by atoms with E-state index in [1.165, 1.54) is 70.6 Å². The Bertz CT molecular complexity index is 120. The van der Waals surface area contributed by atoms with Crippen molar-refractivity contribution < 1.29 is 5.11 Å². The van der Waals surface area contributed by atoms with E-state index in [9.17, 15) is 0 Å². The van der Waals surface area contributed by atoms with Crippen LogP contribution in [0.25, 0.3) is 0 Å². The van der Waals surface area contributed by atoms with E-state index in [0.29, 0.717) is 6.61 Å². The van der Waals surface area contributed by atoms with Gasteiger partial charge in [0.15, 0.2) is 0 Å². The zero-order valence-corrected chi connectivity index (χ0v) is 12.9. The molecule has 0 bridgehead atoms. The Morgan fingerprint density at radius 3 is 1.28 bits per heavy atom. The topological polar surface area (TPSA) is 20.2 Å². The molecule has 110 valence electrons. The van der Waals surface area contributed by atoms with E-state index in [0.717, 1.165) is 6.42 Å². The molecule has 0 aromatic heterocycles. The average molecular weight is 256 g/mol. The van der Waals surface area contributed by atoms with Crippen LogP contribution in [-0.2, 0) is 0 Å². The number of aliphatic hydroxyl groups excluding tert-OH is 1. The van der Waals surface area contributed by atoms with Crippen LogP contribution in [0.1, 0.15) is 90.9 Å². The minimum absolute atomic E-state index is 0.372. The first-order chi connectivity index (χ1) is 8.83. The molecule has 0 spiro atoms. The van der Waals surface area contributed by atoms with Crippen LogP contribution >= 0.6 is 0 Å². The summed E-state index contributed by atoms with van der Waals surface area (Å²) in [5.41, 5.74) is 0. The quantitative estimate of drug-likeness (QED) is 0.342. The molecule has 0 saturated carbocycles. The molecule has 0 heterocycles. The monoisotopic (exact) mass is 256 g/mol. The third-order valence-electron chi connectivity index (χ3n) is 3.01. The van der Waals surface area contributed by atoms with Crippen molar-refractivity contribution in [1.82, 2.24) is 0 Å². The highest BCUT2D eigenvalue weighted by Crippen LogP contribution is 2.11. The Hall–Kier alpha value is -0.300. The highest BCUT2D eigenvalue weighted by Gasteiger charge is 1.92. The van der Waals surface area contributed by atoms with Crippen LogP contribution in [0, 0.1) is 0 Å². The molecular weight excluding hydrogens is 220 g/mol. The van der Waals surface area contributed by atoms with E-state index in [2.05, 4.69) is 13.5 Å². The van der Waals surface area contributed by atoms with Gasteiger partial charge < -0.3 is 5.11 Å². The molecule has 0 aliphatic rings. The lowest BCUT2D eigenvalue weighted by molar-refractivity contribution is 0.282. The van der Waals surface area contributed by atoms with E-state index in [1.54, 1.807) is 6.08 Å². The van der Waals surface area contributed by atoms with Gasteiger partial charge in [-0.3, -0.25) is 0 Å². The van der Waals surface area contributed by atoms with Crippen LogP contribution in [0.5, 0.6) is 0 Å². The summed E-state index contributed by atoms with van der Waals surface area (Å²) in [7, 11) is 0. The van der Waals surface area contributed by atoms with Crippen LogP contribution in [0.15, 0.2) is 12.7 Å². The van der Waals surface area contributed by atoms with E-state index in [4.69, 9.17) is 5.11 Å². The fourth-order valence-corrected chi connectivity index (χ4v) is 1.95. The molecule has 1 heteroatoms. The van der Waals surface area contributed by atoms with Gasteiger partial charge in [0.2, 0.25) is 0 Å². The Morgan fingerprint density at radius 1 is 0.722 bits per heavy atom. The maximum Gasteiger partial charge on any atom is 0.0431 e. The van der Waals surface area contributed by atoms with Crippen LogP contribution in [-0.4, -0.2) is 11.7 Å². The highest BCUT2D eigenvalue weighted by molar-refractivity contribution is 4.51. The predicted octanol–water partition coefficient (Wildman–Crippen LogP) is 5.87. The van der Waals surface area contributed by atoms with Gasteiger partial charge in [-0.2, -0.15) is 0 Å². The molecule has 0 atom stereocenters. The second-order valence-electron chi connectivity index (χ2n) is 5.02. The summed E-state index contributed by atoms with van der Waals surface area (Å²) in [4.78, 5) is 0. The van der Waals surface area contributed by atoms with Crippen LogP contribution in [0.2, 0.25) is 0 Å². The number of hydrogen-bond acceptors (Lipinski definition) is 1. The van der Waals surface area contributed by atoms with Gasteiger partial charge in [0, 0.05) is 6.61 Å². The zero-order valence-electron chi connectivity index (χ0n) is 12.9. The lowest BCUT2D eigenvalue weighted by atomic mass is 10.1. The number of hydrogen-bond donors (Lipinski definition) is 1. The lowest BCUT2D eigenvalue weighted by Gasteiger charge is -2.01. The van der Waals surface area contributed by atoms with Gasteiger partial charge in [-0.25, -0.2) is 0 Å². The third-order valence-corrected chi connectivity index (χ3v) is 3.01. The van der Waals surface area contributed by atoms with Crippen molar-refractivity contribution in [3.05, 3.63) is 12.7 Å². The molecule has 18 heavy (non-hydrogen) atoms. The van der Waals surface area contributed by atoms with E-state index >= 15 is 0 Å². The van der Waals surface area contributed by atoms with Gasteiger partial charge in [-0.1, -0.05) is 83.6 Å². The molecule has 1 nitrogen and oxygen atoms in total. The van der Waals surface area contributed by atoms with Gasteiger partial charge in [0.05, 0.1) is 0 Å². The lowest BCUT2D eigenvalue weighted by Crippen LogP contribution is -1.84. The molecule has 0 aliphatic heterocycles. The molecular formula is C17H36O. The van der Waals surface area contributed by atoms with Gasteiger partial charge in [0.25, 0.3) is 0 Å². The minimum Gasteiger partial charge on any atom is -0.396 e. The first-order valence-corrected chi connectivity index (χ1v) is 8.01. The molecule has 0 aliphatic carbocycles. The maximum absolute atomic E-state index is 8.61. The summed E-state index contributed by atoms with van der Waals surface area (Å²) in [5, 5.41) is 8.61. The summed E-state index contributed by atoms with van der Waals surface area (Å²) in [6.07, 6.45) is 18.0. The minimum atomic E-state index is 0.372. The first-order valence-electron chi connectivity index (χ1n) is 8.01. The summed E-state index contributed by atoms with van der Waals surface area (Å²) in [6.45, 7) is 7.89. The number of rotatable bonds is 12. The smallest absolute Gasteiger partial charge is 0.0431 e. The van der Waals surface area contributed by atoms with E-state index < -0.39 is 0 Å². The van der Waals surface area contributed by atoms with Crippen LogP contribution < -0.4 is 0 Å². The molecule has 0 radical (unpaired) electrons. The first kappa shape index (κ1) is 20.0. The molecule has 0 rings (SSSR count). The molecule has 1 N–H and O–H groups in total. The SMILES string of the molecule is C=CC.CCCCCCCCCCCCCCO. The number of allylic oxidation sites excluding steroid dienone is 1. The van der Waals surface area contributed by atoms with Crippen molar-refractivity contribution >= 4 is 0 Å². The fraction of sp³-hybridized carbons (Fsp3) is 0.882. The molecule has 0 amide bonds. The zero-order chi connectivity index (χ0) is 13.9. The second-order valence-corrected chi connectivity index (χ2v) is 5.02. The van der Waals surface area contributed by atoms with Crippen molar-refractivity contribution in [3.8, 4) is 0 Å². The summed E-state index contributed by atoms with van der Waals surface area (Å²) >= 11 is 0. The van der Waals surface area contributed by atoms with Crippen molar-refractivity contribution in [3.63, 3.8) is 0 Å². The van der Waals surface area contributed by atoms with Gasteiger partial charge in [0.1, 0.15) is 0 Å². The van der Waals surface area contributed by atoms with Crippen molar-refractivity contribution in [2.24, 2.45) is 0 Å². The molecule has 0 aromatic carbocycles. The Morgan fingerprint density at radius 2 is 1.00 bits per heavy atom. The van der Waals surface area contributed by atoms with Gasteiger partial charge >= 0.3 is 0 Å². The number of aliphatic hydroxyl groups is 1. The van der Waals surface area contributed by atoms with Gasteiger partial charge in [-0.05, 0) is 13.3 Å². The molecule has 0 saturated heterocycles. The second kappa shape index (κ2) is 21.9. The Labute approximate surface area is 116 Å². The molecule has 0 fully saturated rings. The molecule has 0 aromatic rings. The fourth-order valence-electron chi connectivity index (χ4n) is 1.95. The van der Waals surface area contributed by atoms with Crippen LogP contribution in [0.4, 0.5) is 0 Å². The van der Waals surface area contributed by atoms with Crippen molar-refractivity contribution in [2.45, 2.75) is 90.9 Å². The normalized spacial score (nSPS) is 9.72. The van der Waals surface area contributed by atoms with E-state index in [-0.39, 0.29) is 0 Å². The Balaban J connectivity index is 0. The maximum atomic E-state index is 8.61. The number of unbranched alkanes of at least 4 members (excludes halogenated alkanes) is 11. The van der Waals surface area contributed by atoms with Crippen molar-refractivity contribution in [1.29, 1.82) is 0 Å². The Kier molecular flexibility index (Phi) is 24.4.